The Morgan fingerprint density at radius 2 is 1.81 bits per heavy atom. The van der Waals surface area contributed by atoms with E-state index in [-0.39, 0.29) is 75.8 Å². The van der Waals surface area contributed by atoms with Crippen LogP contribution in [0.5, 0.6) is 0 Å². The van der Waals surface area contributed by atoms with Crippen molar-refractivity contribution in [3.63, 3.8) is 0 Å². The zero-order valence-corrected chi connectivity index (χ0v) is 25.8. The number of carbonyl (C=O) groups excluding carboxylic acids is 2. The van der Waals surface area contributed by atoms with Gasteiger partial charge in [-0.1, -0.05) is 46.3 Å². The lowest BCUT2D eigenvalue weighted by Crippen LogP contribution is -2.60. The van der Waals surface area contributed by atoms with E-state index in [0.717, 1.165) is 38.5 Å². The summed E-state index contributed by atoms with van der Waals surface area (Å²) in [5.74, 6) is 0.225. The summed E-state index contributed by atoms with van der Waals surface area (Å²) < 4.78 is 24.4. The Balaban J connectivity index is 1.24. The van der Waals surface area contributed by atoms with E-state index in [4.69, 9.17) is 18.9 Å². The van der Waals surface area contributed by atoms with Gasteiger partial charge in [-0.3, -0.25) is 9.59 Å². The highest BCUT2D eigenvalue weighted by atomic mass is 16.7. The molecule has 3 N–H and O–H groups in total. The fourth-order valence-corrected chi connectivity index (χ4v) is 12.0. The van der Waals surface area contributed by atoms with Crippen molar-refractivity contribution < 1.29 is 43.9 Å². The molecule has 6 fully saturated rings. The monoisotopic (exact) mass is 588 g/mol. The van der Waals surface area contributed by atoms with Crippen LogP contribution < -0.4 is 0 Å². The van der Waals surface area contributed by atoms with Gasteiger partial charge in [0.15, 0.2) is 6.29 Å². The number of carbonyl (C=O) groups is 2. The highest BCUT2D eigenvalue weighted by molar-refractivity contribution is 5.71. The first kappa shape index (κ1) is 29.2. The summed E-state index contributed by atoms with van der Waals surface area (Å²) >= 11 is 0. The smallest absolute Gasteiger partial charge is 0.306 e. The first-order chi connectivity index (χ1) is 19.6. The maximum Gasteiger partial charge on any atom is 0.306 e. The zero-order chi connectivity index (χ0) is 30.2. The Hall–Kier alpha value is -1.52. The topological polar surface area (TPSA) is 132 Å². The molecule has 5 aliphatic carbocycles. The van der Waals surface area contributed by atoms with E-state index in [9.17, 15) is 24.9 Å². The molecule has 0 aromatic carbocycles. The molecule has 0 radical (unpaired) electrons. The van der Waals surface area contributed by atoms with Crippen LogP contribution in [0.25, 0.3) is 0 Å². The van der Waals surface area contributed by atoms with Crippen molar-refractivity contribution in [2.75, 3.05) is 6.61 Å². The van der Waals surface area contributed by atoms with Gasteiger partial charge in [0.25, 0.3) is 0 Å². The number of rotatable bonds is 3. The molecular formula is C33H48O9. The van der Waals surface area contributed by atoms with Crippen molar-refractivity contribution in [2.45, 2.75) is 129 Å². The maximum atomic E-state index is 12.6. The van der Waals surface area contributed by atoms with Crippen LogP contribution in [0.1, 0.15) is 86.5 Å². The summed E-state index contributed by atoms with van der Waals surface area (Å²) in [6.45, 7) is 12.7. The van der Waals surface area contributed by atoms with E-state index in [1.165, 1.54) is 12.5 Å². The molecule has 0 unspecified atom stereocenters. The number of fused-ring (bicyclic) bond motifs is 4. The maximum absolute atomic E-state index is 12.6. The molecule has 7 rings (SSSR count). The SMILES string of the molecule is CC(=O)O[C@@H]1C[C@@]23C[C@@]24CC[C@H](O[C@@H]2OC[C@@H](O)[C@H](O)[C@H]2O)C(C)(C)[C@H]4CC=C3[C@]2(C)C[C@@H]3OC(=O)C[C@@H](C)[C@@H]3[C@@]12C. The minimum Gasteiger partial charge on any atom is -0.462 e. The number of hydrogen-bond donors (Lipinski definition) is 3. The molecule has 0 bridgehead atoms. The van der Waals surface area contributed by atoms with Crippen molar-refractivity contribution in [1.82, 2.24) is 0 Å². The molecule has 0 aromatic heterocycles. The second-order valence-electron chi connectivity index (χ2n) is 15.9. The van der Waals surface area contributed by atoms with Crippen LogP contribution in [0.15, 0.2) is 11.6 Å². The van der Waals surface area contributed by atoms with E-state index in [1.54, 1.807) is 0 Å². The van der Waals surface area contributed by atoms with Crippen LogP contribution in [0.4, 0.5) is 0 Å². The average Bonchev–Trinajstić information content (AvgIpc) is 3.48. The molecule has 42 heavy (non-hydrogen) atoms. The number of hydrogen-bond acceptors (Lipinski definition) is 9. The predicted octanol–water partition coefficient (Wildman–Crippen LogP) is 3.27. The molecule has 2 heterocycles. The second-order valence-corrected chi connectivity index (χ2v) is 15.9. The van der Waals surface area contributed by atoms with Crippen LogP contribution in [-0.4, -0.2) is 76.8 Å². The minimum absolute atomic E-state index is 0.0565. The Labute approximate surface area is 248 Å². The fourth-order valence-electron chi connectivity index (χ4n) is 12.0. The molecular weight excluding hydrogens is 540 g/mol. The Morgan fingerprint density at radius 3 is 2.52 bits per heavy atom. The molecule has 2 saturated heterocycles. The van der Waals surface area contributed by atoms with Gasteiger partial charge >= 0.3 is 11.9 Å². The Bertz CT molecular complexity index is 1210. The first-order valence-corrected chi connectivity index (χ1v) is 16.0. The van der Waals surface area contributed by atoms with Gasteiger partial charge in [-0.05, 0) is 61.2 Å². The first-order valence-electron chi connectivity index (χ1n) is 16.0. The Kier molecular flexibility index (Phi) is 6.28. The number of allylic oxidation sites excluding steroid dienone is 2. The molecule has 7 aliphatic rings. The molecule has 2 aliphatic heterocycles. The summed E-state index contributed by atoms with van der Waals surface area (Å²) in [7, 11) is 0. The number of aliphatic hydroxyl groups is 3. The van der Waals surface area contributed by atoms with Crippen LogP contribution in [-0.2, 0) is 28.5 Å². The summed E-state index contributed by atoms with van der Waals surface area (Å²) in [4.78, 5) is 25.1. The number of ether oxygens (including phenoxy) is 4. The van der Waals surface area contributed by atoms with Gasteiger partial charge in [0.2, 0.25) is 0 Å². The van der Waals surface area contributed by atoms with Crippen molar-refractivity contribution in [3.05, 3.63) is 11.6 Å². The lowest BCUT2D eigenvalue weighted by molar-refractivity contribution is -0.300. The third-order valence-electron chi connectivity index (χ3n) is 13.9. The second kappa shape index (κ2) is 9.03. The van der Waals surface area contributed by atoms with Gasteiger partial charge in [0, 0.05) is 35.5 Å². The van der Waals surface area contributed by atoms with Crippen LogP contribution in [0.2, 0.25) is 0 Å². The fraction of sp³-hybridized carbons (Fsp3) is 0.879. The lowest BCUT2D eigenvalue weighted by Gasteiger charge is -2.62. The summed E-state index contributed by atoms with van der Waals surface area (Å²) in [6.07, 6.45) is 2.78. The van der Waals surface area contributed by atoms with Gasteiger partial charge in [-0.2, -0.15) is 0 Å². The summed E-state index contributed by atoms with van der Waals surface area (Å²) in [6, 6.07) is 0. The third kappa shape index (κ3) is 3.49. The van der Waals surface area contributed by atoms with Crippen molar-refractivity contribution in [2.24, 2.45) is 44.8 Å². The number of aliphatic hydroxyl groups excluding tert-OH is 3. The quantitative estimate of drug-likeness (QED) is 0.336. The van der Waals surface area contributed by atoms with Crippen LogP contribution in [0, 0.1) is 44.8 Å². The van der Waals surface area contributed by atoms with Gasteiger partial charge in [0.05, 0.1) is 12.7 Å². The third-order valence-corrected chi connectivity index (χ3v) is 13.9. The molecule has 14 atom stereocenters. The van der Waals surface area contributed by atoms with E-state index in [1.807, 2.05) is 0 Å². The molecule has 9 nitrogen and oxygen atoms in total. The molecule has 9 heteroatoms. The van der Waals surface area contributed by atoms with Crippen molar-refractivity contribution in [3.8, 4) is 0 Å². The minimum atomic E-state index is -1.31. The van der Waals surface area contributed by atoms with Crippen LogP contribution >= 0.6 is 0 Å². The van der Waals surface area contributed by atoms with Gasteiger partial charge in [0.1, 0.15) is 30.5 Å². The predicted molar refractivity (Wildman–Crippen MR) is 149 cm³/mol. The van der Waals surface area contributed by atoms with E-state index >= 15 is 0 Å². The van der Waals surface area contributed by atoms with Gasteiger partial charge in [-0.15, -0.1) is 0 Å². The lowest BCUT2D eigenvalue weighted by atomic mass is 9.44. The zero-order valence-electron chi connectivity index (χ0n) is 25.8. The normalized spacial score (nSPS) is 55.5. The molecule has 234 valence electrons. The van der Waals surface area contributed by atoms with E-state index in [0.29, 0.717) is 12.3 Å². The largest absolute Gasteiger partial charge is 0.462 e. The van der Waals surface area contributed by atoms with E-state index in [2.05, 4.69) is 40.7 Å². The molecule has 2 spiro atoms. The average molecular weight is 589 g/mol. The Morgan fingerprint density at radius 1 is 1.07 bits per heavy atom. The van der Waals surface area contributed by atoms with Gasteiger partial charge < -0.3 is 34.3 Å². The molecule has 4 saturated carbocycles. The van der Waals surface area contributed by atoms with Crippen LogP contribution in [0.3, 0.4) is 0 Å². The van der Waals surface area contributed by atoms with Crippen molar-refractivity contribution in [1.29, 1.82) is 0 Å². The summed E-state index contributed by atoms with van der Waals surface area (Å²) in [5, 5.41) is 30.7. The van der Waals surface area contributed by atoms with Crippen molar-refractivity contribution >= 4 is 11.9 Å². The number of esters is 2. The summed E-state index contributed by atoms with van der Waals surface area (Å²) in [5.41, 5.74) is 0.624. The highest BCUT2D eigenvalue weighted by Gasteiger charge is 2.83. The van der Waals surface area contributed by atoms with Gasteiger partial charge in [-0.25, -0.2) is 0 Å². The highest BCUT2D eigenvalue weighted by Crippen LogP contribution is 2.88. The molecule has 0 amide bonds. The van der Waals surface area contributed by atoms with E-state index < -0.39 is 24.6 Å². The standard InChI is InChI=1S/C33H48O9/c1-16-11-24(36)41-19-12-30(5)21-8-7-20-29(3,4)22(42-28-27(38)26(37)18(35)14-39-28)9-10-32(20)15-33(21,32)13-23(40-17(2)34)31(30,6)25(16)19/h8,16,18-20,22-23,25-28,35,37-38H,7,9-15H2,1-6H3/t16-,18-,19+,20-,22+,23-,25+,26+,27-,28+,30+,31-,32-,33+/m1/s1. The molecule has 0 aromatic rings.